The Hall–Kier alpha value is -1.22. The van der Waals surface area contributed by atoms with Gasteiger partial charge in [-0.05, 0) is 31.5 Å². The molecule has 0 heterocycles. The van der Waals surface area contributed by atoms with Crippen LogP contribution in [0, 0.1) is 0 Å². The van der Waals surface area contributed by atoms with Crippen molar-refractivity contribution in [2.75, 3.05) is 7.11 Å². The van der Waals surface area contributed by atoms with Crippen LogP contribution in [0.5, 0.6) is 11.5 Å². The van der Waals surface area contributed by atoms with Crippen LogP contribution < -0.4 is 14.8 Å². The average molecular weight is 265 g/mol. The van der Waals surface area contributed by atoms with Gasteiger partial charge in [-0.3, -0.25) is 0 Å². The second-order valence-electron chi connectivity index (χ2n) is 5.23. The third-order valence-electron chi connectivity index (χ3n) is 2.99. The molecule has 0 fully saturated rings. The van der Waals surface area contributed by atoms with Gasteiger partial charge in [0, 0.05) is 18.2 Å². The van der Waals surface area contributed by atoms with Gasteiger partial charge < -0.3 is 14.8 Å². The normalized spacial score (nSPS) is 12.5. The maximum atomic E-state index is 6.02. The van der Waals surface area contributed by atoms with Crippen molar-refractivity contribution in [3.63, 3.8) is 0 Å². The van der Waals surface area contributed by atoms with Gasteiger partial charge in [-0.25, -0.2) is 0 Å². The predicted molar refractivity (Wildman–Crippen MR) is 80.0 cm³/mol. The molecule has 3 heteroatoms. The fourth-order valence-electron chi connectivity index (χ4n) is 1.93. The number of methoxy groups -OCH3 is 1. The maximum Gasteiger partial charge on any atom is 0.124 e. The number of ether oxygens (including phenoxy) is 2. The van der Waals surface area contributed by atoms with E-state index in [0.29, 0.717) is 6.04 Å². The van der Waals surface area contributed by atoms with Crippen LogP contribution in [0.1, 0.15) is 46.1 Å². The van der Waals surface area contributed by atoms with Crippen molar-refractivity contribution < 1.29 is 9.47 Å². The number of hydrogen-bond acceptors (Lipinski definition) is 3. The van der Waals surface area contributed by atoms with Gasteiger partial charge in [-0.1, -0.05) is 27.2 Å². The molecule has 0 aliphatic carbocycles. The highest BCUT2D eigenvalue weighted by Gasteiger charge is 2.09. The zero-order valence-electron chi connectivity index (χ0n) is 12.8. The molecule has 0 spiro atoms. The summed E-state index contributed by atoms with van der Waals surface area (Å²) in [6.45, 7) is 9.37. The van der Waals surface area contributed by atoms with Gasteiger partial charge >= 0.3 is 0 Å². The van der Waals surface area contributed by atoms with E-state index in [1.54, 1.807) is 7.11 Å². The Balaban J connectivity index is 2.82. The summed E-state index contributed by atoms with van der Waals surface area (Å²) in [6, 6.07) is 6.45. The minimum Gasteiger partial charge on any atom is -0.497 e. The molecule has 0 saturated carbocycles. The summed E-state index contributed by atoms with van der Waals surface area (Å²) in [5.74, 6) is 1.82. The van der Waals surface area contributed by atoms with E-state index in [1.165, 1.54) is 0 Å². The Kier molecular flexibility index (Phi) is 6.71. The van der Waals surface area contributed by atoms with Crippen LogP contribution in [-0.2, 0) is 6.54 Å². The number of benzene rings is 1. The van der Waals surface area contributed by atoms with Gasteiger partial charge in [0.25, 0.3) is 0 Å². The van der Waals surface area contributed by atoms with Crippen molar-refractivity contribution >= 4 is 0 Å². The van der Waals surface area contributed by atoms with E-state index in [-0.39, 0.29) is 6.10 Å². The Bertz CT molecular complexity index is 377. The molecular formula is C16H27NO2. The quantitative estimate of drug-likeness (QED) is 0.776. The van der Waals surface area contributed by atoms with Crippen molar-refractivity contribution in [3.8, 4) is 11.5 Å². The van der Waals surface area contributed by atoms with E-state index in [0.717, 1.165) is 36.4 Å². The zero-order valence-corrected chi connectivity index (χ0v) is 12.8. The number of nitrogens with one attached hydrogen (secondary N) is 1. The maximum absolute atomic E-state index is 6.02. The van der Waals surface area contributed by atoms with E-state index in [2.05, 4.69) is 33.0 Å². The van der Waals surface area contributed by atoms with Crippen molar-refractivity contribution in [1.29, 1.82) is 0 Å². The Morgan fingerprint density at radius 2 is 1.95 bits per heavy atom. The van der Waals surface area contributed by atoms with Gasteiger partial charge in [-0.2, -0.15) is 0 Å². The summed E-state index contributed by atoms with van der Waals surface area (Å²) < 4.78 is 11.3. The van der Waals surface area contributed by atoms with Crippen LogP contribution in [-0.4, -0.2) is 19.3 Å². The van der Waals surface area contributed by atoms with Gasteiger partial charge in [0.2, 0.25) is 0 Å². The van der Waals surface area contributed by atoms with Crippen LogP contribution in [0.3, 0.4) is 0 Å². The Morgan fingerprint density at radius 1 is 1.21 bits per heavy atom. The Morgan fingerprint density at radius 3 is 2.53 bits per heavy atom. The molecule has 19 heavy (non-hydrogen) atoms. The molecule has 1 aromatic carbocycles. The molecule has 1 aromatic rings. The molecule has 0 bridgehead atoms. The van der Waals surface area contributed by atoms with E-state index >= 15 is 0 Å². The van der Waals surface area contributed by atoms with Crippen LogP contribution in [0.2, 0.25) is 0 Å². The summed E-state index contributed by atoms with van der Waals surface area (Å²) in [7, 11) is 1.69. The lowest BCUT2D eigenvalue weighted by Crippen LogP contribution is -2.22. The summed E-state index contributed by atoms with van der Waals surface area (Å²) in [4.78, 5) is 0. The lowest BCUT2D eigenvalue weighted by molar-refractivity contribution is 0.207. The first-order valence-electron chi connectivity index (χ1n) is 7.13. The topological polar surface area (TPSA) is 30.5 Å². The first-order valence-corrected chi connectivity index (χ1v) is 7.13. The molecule has 0 saturated heterocycles. The largest absolute Gasteiger partial charge is 0.497 e. The second kappa shape index (κ2) is 8.05. The summed E-state index contributed by atoms with van der Waals surface area (Å²) in [5.41, 5.74) is 1.15. The highest BCUT2D eigenvalue weighted by molar-refractivity contribution is 5.40. The fraction of sp³-hybridized carbons (Fsp3) is 0.625. The van der Waals surface area contributed by atoms with E-state index in [9.17, 15) is 0 Å². The van der Waals surface area contributed by atoms with Crippen LogP contribution in [0.15, 0.2) is 18.2 Å². The molecule has 1 N–H and O–H groups in total. The summed E-state index contributed by atoms with van der Waals surface area (Å²) in [6.07, 6.45) is 2.45. The lowest BCUT2D eigenvalue weighted by Gasteiger charge is -2.18. The minimum atomic E-state index is 0.246. The average Bonchev–Trinajstić information content (AvgIpc) is 2.37. The summed E-state index contributed by atoms with van der Waals surface area (Å²) in [5, 5.41) is 3.42. The third kappa shape index (κ3) is 5.52. The van der Waals surface area contributed by atoms with Crippen LogP contribution in [0.25, 0.3) is 0 Å². The first kappa shape index (κ1) is 15.8. The van der Waals surface area contributed by atoms with Gasteiger partial charge in [0.1, 0.15) is 11.5 Å². The fourth-order valence-corrected chi connectivity index (χ4v) is 1.93. The van der Waals surface area contributed by atoms with Crippen molar-refractivity contribution in [2.45, 2.75) is 59.2 Å². The molecule has 1 rings (SSSR count). The minimum absolute atomic E-state index is 0.246. The number of rotatable bonds is 8. The second-order valence-corrected chi connectivity index (χ2v) is 5.23. The van der Waals surface area contributed by atoms with Crippen LogP contribution >= 0.6 is 0 Å². The number of hydrogen-bond donors (Lipinski definition) is 1. The van der Waals surface area contributed by atoms with E-state index in [4.69, 9.17) is 9.47 Å². The zero-order chi connectivity index (χ0) is 14.3. The third-order valence-corrected chi connectivity index (χ3v) is 2.99. The molecule has 0 amide bonds. The SMILES string of the molecule is CCCC(C)Oc1ccc(OC)cc1CNC(C)C. The first-order chi connectivity index (χ1) is 9.06. The van der Waals surface area contributed by atoms with Gasteiger partial charge in [-0.15, -0.1) is 0 Å². The smallest absolute Gasteiger partial charge is 0.124 e. The summed E-state index contributed by atoms with van der Waals surface area (Å²) >= 11 is 0. The predicted octanol–water partition coefficient (Wildman–Crippen LogP) is 3.76. The standard InChI is InChI=1S/C16H27NO2/c1-6-7-13(4)19-16-9-8-15(18-5)10-14(16)11-17-12(2)3/h8-10,12-13,17H,6-7,11H2,1-5H3. The van der Waals surface area contributed by atoms with Gasteiger partial charge in [0.05, 0.1) is 13.2 Å². The van der Waals surface area contributed by atoms with Crippen molar-refractivity contribution in [3.05, 3.63) is 23.8 Å². The monoisotopic (exact) mass is 265 g/mol. The molecule has 0 radical (unpaired) electrons. The highest BCUT2D eigenvalue weighted by atomic mass is 16.5. The van der Waals surface area contributed by atoms with E-state index < -0.39 is 0 Å². The molecule has 3 nitrogen and oxygen atoms in total. The molecule has 108 valence electrons. The molecule has 1 atom stereocenters. The molecule has 0 aromatic heterocycles. The lowest BCUT2D eigenvalue weighted by atomic mass is 10.1. The van der Waals surface area contributed by atoms with E-state index in [1.807, 2.05) is 18.2 Å². The molecule has 1 unspecified atom stereocenters. The Labute approximate surface area is 117 Å². The molecular weight excluding hydrogens is 238 g/mol. The van der Waals surface area contributed by atoms with Crippen molar-refractivity contribution in [2.24, 2.45) is 0 Å². The van der Waals surface area contributed by atoms with Gasteiger partial charge in [0.15, 0.2) is 0 Å². The highest BCUT2D eigenvalue weighted by Crippen LogP contribution is 2.25. The van der Waals surface area contributed by atoms with Crippen LogP contribution in [0.4, 0.5) is 0 Å². The van der Waals surface area contributed by atoms with Crippen molar-refractivity contribution in [1.82, 2.24) is 5.32 Å². The molecule has 0 aliphatic heterocycles. The molecule has 0 aliphatic rings.